The monoisotopic (exact) mass is 417 g/mol. The number of amides is 1. The first kappa shape index (κ1) is 21.6. The lowest BCUT2D eigenvalue weighted by Gasteiger charge is -2.30. The van der Waals surface area contributed by atoms with Crippen molar-refractivity contribution in [3.63, 3.8) is 0 Å². The molecule has 0 spiro atoms. The van der Waals surface area contributed by atoms with Crippen LogP contribution in [0, 0.1) is 6.92 Å². The summed E-state index contributed by atoms with van der Waals surface area (Å²) in [6.07, 6.45) is 2.29. The molecule has 30 heavy (non-hydrogen) atoms. The zero-order chi connectivity index (χ0) is 21.5. The average Bonchev–Trinajstić information content (AvgIpc) is 2.74. The van der Waals surface area contributed by atoms with Gasteiger partial charge >= 0.3 is 6.09 Å². The lowest BCUT2D eigenvalue weighted by molar-refractivity contribution is 0.0852. The zero-order valence-corrected chi connectivity index (χ0v) is 17.4. The highest BCUT2D eigenvalue weighted by Crippen LogP contribution is 2.35. The number of methoxy groups -OCH3 is 2. The number of aromatic nitrogens is 3. The lowest BCUT2D eigenvalue weighted by Crippen LogP contribution is -2.41. The minimum absolute atomic E-state index is 0.138. The van der Waals surface area contributed by atoms with Crippen LogP contribution in [0.3, 0.4) is 0 Å². The van der Waals surface area contributed by atoms with Crippen LogP contribution in [-0.2, 0) is 11.2 Å². The van der Waals surface area contributed by atoms with Gasteiger partial charge in [-0.15, -0.1) is 0 Å². The molecule has 1 amide bonds. The highest BCUT2D eigenvalue weighted by molar-refractivity contribution is 5.66. The quantitative estimate of drug-likeness (QED) is 0.668. The maximum Gasteiger partial charge on any atom is 0.407 e. The second kappa shape index (κ2) is 10.1. The molecule has 3 rings (SSSR count). The van der Waals surface area contributed by atoms with E-state index in [1.807, 2.05) is 19.1 Å². The molecule has 162 valence electrons. The number of pyridine rings is 1. The zero-order valence-electron chi connectivity index (χ0n) is 17.4. The van der Waals surface area contributed by atoms with Crippen molar-refractivity contribution in [1.29, 1.82) is 0 Å². The van der Waals surface area contributed by atoms with Gasteiger partial charge in [-0.1, -0.05) is 0 Å². The molecule has 0 aromatic carbocycles. The van der Waals surface area contributed by atoms with E-state index in [0.717, 1.165) is 23.5 Å². The van der Waals surface area contributed by atoms with Gasteiger partial charge in [0.25, 0.3) is 5.88 Å². The molecule has 10 nitrogen and oxygen atoms in total. The summed E-state index contributed by atoms with van der Waals surface area (Å²) in [6, 6.07) is 3.88. The number of carboxylic acid groups (broad SMARTS) is 1. The number of rotatable bonds is 8. The maximum absolute atomic E-state index is 11.1. The Labute approximate surface area is 175 Å². The summed E-state index contributed by atoms with van der Waals surface area (Å²) in [5.74, 6) is 1.19. The van der Waals surface area contributed by atoms with Gasteiger partial charge in [-0.25, -0.2) is 9.78 Å². The van der Waals surface area contributed by atoms with E-state index in [2.05, 4.69) is 20.3 Å². The number of aryl methyl sites for hydroxylation is 1. The van der Waals surface area contributed by atoms with Crippen molar-refractivity contribution < 1.29 is 24.1 Å². The van der Waals surface area contributed by atoms with E-state index in [0.29, 0.717) is 50.0 Å². The molecular weight excluding hydrogens is 390 g/mol. The van der Waals surface area contributed by atoms with Crippen molar-refractivity contribution in [2.75, 3.05) is 39.2 Å². The molecule has 10 heteroatoms. The normalized spacial score (nSPS) is 14.4. The minimum Gasteiger partial charge on any atom is -0.489 e. The van der Waals surface area contributed by atoms with Crippen LogP contribution in [0.25, 0.3) is 0 Å². The van der Waals surface area contributed by atoms with Crippen molar-refractivity contribution in [1.82, 2.24) is 19.9 Å². The summed E-state index contributed by atoms with van der Waals surface area (Å²) >= 11 is 0. The lowest BCUT2D eigenvalue weighted by atomic mass is 10.1. The first-order chi connectivity index (χ1) is 14.5. The molecule has 1 aliphatic heterocycles. The minimum atomic E-state index is -0.906. The van der Waals surface area contributed by atoms with E-state index >= 15 is 0 Å². The van der Waals surface area contributed by atoms with Gasteiger partial charge < -0.3 is 29.5 Å². The van der Waals surface area contributed by atoms with E-state index in [1.165, 1.54) is 18.3 Å². The largest absolute Gasteiger partial charge is 0.489 e. The van der Waals surface area contributed by atoms with Crippen molar-refractivity contribution >= 4 is 17.6 Å². The van der Waals surface area contributed by atoms with Crippen LogP contribution in [0.2, 0.25) is 0 Å². The topological polar surface area (TPSA) is 119 Å². The Hall–Kier alpha value is -3.14. The molecule has 0 radical (unpaired) electrons. The van der Waals surface area contributed by atoms with Gasteiger partial charge in [-0.05, 0) is 19.1 Å². The van der Waals surface area contributed by atoms with Crippen molar-refractivity contribution in [3.8, 4) is 11.6 Å². The first-order valence-corrected chi connectivity index (χ1v) is 9.77. The maximum atomic E-state index is 11.1. The third-order valence-corrected chi connectivity index (χ3v) is 4.92. The summed E-state index contributed by atoms with van der Waals surface area (Å²) in [7, 11) is 3.20. The molecule has 0 aliphatic carbocycles. The molecule has 2 N–H and O–H groups in total. The van der Waals surface area contributed by atoms with E-state index in [9.17, 15) is 4.79 Å². The number of ether oxygens (including phenoxy) is 3. The molecule has 1 fully saturated rings. The standard InChI is InChI=1S/C20H27N5O5/c1-13-16(5-4-14(23-13)8-11-28-2)24-18-17(29-3)19(22-12-21-18)30-15-6-9-25(10-7-15)20(26)27/h4-5,12,15H,6-11H2,1-3H3,(H,26,27)(H,21,22,24). The number of likely N-dealkylation sites (tertiary alicyclic amines) is 1. The first-order valence-electron chi connectivity index (χ1n) is 9.77. The Kier molecular flexibility index (Phi) is 7.23. The summed E-state index contributed by atoms with van der Waals surface area (Å²) in [4.78, 5) is 25.5. The van der Waals surface area contributed by atoms with Crippen LogP contribution in [0.4, 0.5) is 16.3 Å². The molecule has 1 saturated heterocycles. The molecule has 0 unspecified atom stereocenters. The van der Waals surface area contributed by atoms with Crippen LogP contribution in [0.15, 0.2) is 18.5 Å². The van der Waals surface area contributed by atoms with Crippen LogP contribution >= 0.6 is 0 Å². The molecular formula is C20H27N5O5. The molecule has 0 saturated carbocycles. The summed E-state index contributed by atoms with van der Waals surface area (Å²) in [5, 5.41) is 12.3. The van der Waals surface area contributed by atoms with Crippen LogP contribution < -0.4 is 14.8 Å². The third kappa shape index (κ3) is 5.26. The Morgan fingerprint density at radius 1 is 1.27 bits per heavy atom. The van der Waals surface area contributed by atoms with Gasteiger partial charge in [0.05, 0.1) is 25.1 Å². The van der Waals surface area contributed by atoms with Gasteiger partial charge in [0.15, 0.2) is 5.82 Å². The fourth-order valence-electron chi connectivity index (χ4n) is 3.26. The summed E-state index contributed by atoms with van der Waals surface area (Å²) < 4.78 is 16.6. The number of carbonyl (C=O) groups is 1. The molecule has 3 heterocycles. The number of nitrogens with one attached hydrogen (secondary N) is 1. The summed E-state index contributed by atoms with van der Waals surface area (Å²) in [5.41, 5.74) is 2.58. The van der Waals surface area contributed by atoms with E-state index in [1.54, 1.807) is 7.11 Å². The molecule has 2 aromatic heterocycles. The molecule has 2 aromatic rings. The van der Waals surface area contributed by atoms with Gasteiger partial charge in [-0.3, -0.25) is 4.98 Å². The SMILES string of the molecule is COCCc1ccc(Nc2ncnc(OC3CCN(C(=O)O)CC3)c2OC)c(C)n1. The Morgan fingerprint density at radius 3 is 2.67 bits per heavy atom. The van der Waals surface area contributed by atoms with Crippen LogP contribution in [-0.4, -0.2) is 71.1 Å². The smallest absolute Gasteiger partial charge is 0.407 e. The van der Waals surface area contributed by atoms with Crippen LogP contribution in [0.5, 0.6) is 11.6 Å². The van der Waals surface area contributed by atoms with Crippen molar-refractivity contribution in [2.24, 2.45) is 0 Å². The fourth-order valence-corrected chi connectivity index (χ4v) is 3.26. The second-order valence-corrected chi connectivity index (χ2v) is 6.95. The highest BCUT2D eigenvalue weighted by atomic mass is 16.5. The average molecular weight is 417 g/mol. The van der Waals surface area contributed by atoms with Crippen molar-refractivity contribution in [3.05, 3.63) is 29.8 Å². The number of piperidine rings is 1. The van der Waals surface area contributed by atoms with E-state index < -0.39 is 6.09 Å². The molecule has 0 bridgehead atoms. The van der Waals surface area contributed by atoms with Crippen LogP contribution in [0.1, 0.15) is 24.2 Å². The second-order valence-electron chi connectivity index (χ2n) is 6.95. The molecule has 0 atom stereocenters. The number of anilines is 2. The highest BCUT2D eigenvalue weighted by Gasteiger charge is 2.25. The van der Waals surface area contributed by atoms with Gasteiger partial charge in [0.1, 0.15) is 12.4 Å². The number of hydrogen-bond acceptors (Lipinski definition) is 8. The van der Waals surface area contributed by atoms with E-state index in [4.69, 9.17) is 19.3 Å². The third-order valence-electron chi connectivity index (χ3n) is 4.92. The van der Waals surface area contributed by atoms with Gasteiger partial charge in [0.2, 0.25) is 5.75 Å². The van der Waals surface area contributed by atoms with Gasteiger partial charge in [0, 0.05) is 45.2 Å². The van der Waals surface area contributed by atoms with E-state index in [-0.39, 0.29) is 6.10 Å². The predicted molar refractivity (Wildman–Crippen MR) is 110 cm³/mol. The Morgan fingerprint density at radius 2 is 2.03 bits per heavy atom. The predicted octanol–water partition coefficient (Wildman–Crippen LogP) is 2.64. The Balaban J connectivity index is 1.72. The fraction of sp³-hybridized carbons (Fsp3) is 0.500. The number of hydrogen-bond donors (Lipinski definition) is 2. The Bertz CT molecular complexity index is 871. The number of nitrogens with zero attached hydrogens (tertiary/aromatic N) is 4. The van der Waals surface area contributed by atoms with Crippen molar-refractivity contribution in [2.45, 2.75) is 32.3 Å². The van der Waals surface area contributed by atoms with Gasteiger partial charge in [-0.2, -0.15) is 4.98 Å². The molecule has 1 aliphatic rings. The summed E-state index contributed by atoms with van der Waals surface area (Å²) in [6.45, 7) is 3.39.